The Morgan fingerprint density at radius 1 is 1.05 bits per heavy atom. The lowest BCUT2D eigenvalue weighted by Crippen LogP contribution is -2.37. The van der Waals surface area contributed by atoms with Crippen LogP contribution in [0.5, 0.6) is 0 Å². The van der Waals surface area contributed by atoms with Crippen molar-refractivity contribution in [3.8, 4) is 0 Å². The maximum Gasteiger partial charge on any atom is 0.112 e. The van der Waals surface area contributed by atoms with Gasteiger partial charge in [-0.2, -0.15) is 0 Å². The zero-order valence-electron chi connectivity index (χ0n) is 12.7. The molecular weight excluding hydrogens is 272 g/mol. The Labute approximate surface area is 130 Å². The van der Waals surface area contributed by atoms with E-state index >= 15 is 0 Å². The highest BCUT2D eigenvalue weighted by atomic mass is 16.5. The number of para-hydroxylation sites is 2. The van der Waals surface area contributed by atoms with Crippen LogP contribution in [0, 0.1) is 0 Å². The molecule has 0 N–H and O–H groups in total. The lowest BCUT2D eigenvalue weighted by Gasteiger charge is -2.33. The van der Waals surface area contributed by atoms with Gasteiger partial charge in [-0.15, -0.1) is 0 Å². The molecule has 2 heterocycles. The molecule has 4 rings (SSSR count). The lowest BCUT2D eigenvalue weighted by molar-refractivity contribution is 0.122. The molecule has 1 radical (unpaired) electrons. The average Bonchev–Trinajstić information content (AvgIpc) is 2.93. The number of anilines is 1. The second-order valence-electron chi connectivity index (χ2n) is 5.94. The normalized spacial score (nSPS) is 23.6. The van der Waals surface area contributed by atoms with E-state index in [4.69, 9.17) is 9.73 Å². The molecule has 111 valence electrons. The number of benzene rings is 2. The second kappa shape index (κ2) is 5.25. The fourth-order valence-electron chi connectivity index (χ4n) is 3.30. The first kappa shape index (κ1) is 13.5. The fraction of sp³-hybridized carbons (Fsp3) is 0.316. The summed E-state index contributed by atoms with van der Waals surface area (Å²) in [4.78, 5) is 7.33. The van der Waals surface area contributed by atoms with Crippen LogP contribution >= 0.6 is 0 Å². The van der Waals surface area contributed by atoms with Crippen molar-refractivity contribution in [3.63, 3.8) is 0 Å². The summed E-state index contributed by atoms with van der Waals surface area (Å²) in [5, 5.41) is 2.13. The number of hydrogen-bond donors (Lipinski definition) is 0. The van der Waals surface area contributed by atoms with Gasteiger partial charge < -0.3 is 9.64 Å². The second-order valence-corrected chi connectivity index (χ2v) is 5.94. The lowest BCUT2D eigenvalue weighted by atomic mass is 9.90. The highest BCUT2D eigenvalue weighted by Gasteiger charge is 2.30. The van der Waals surface area contributed by atoms with Crippen LogP contribution in [0.4, 0.5) is 5.69 Å². The van der Waals surface area contributed by atoms with Gasteiger partial charge in [-0.1, -0.05) is 36.4 Å². The van der Waals surface area contributed by atoms with Gasteiger partial charge in [-0.25, -0.2) is 0 Å². The predicted molar refractivity (Wildman–Crippen MR) is 87.5 cm³/mol. The molecule has 2 aromatic carbocycles. The Kier molecular flexibility index (Phi) is 3.23. The van der Waals surface area contributed by atoms with Crippen LogP contribution < -0.4 is 15.5 Å². The molecule has 1 unspecified atom stereocenters. The molecule has 2 aliphatic heterocycles. The average molecular weight is 291 g/mol. The monoisotopic (exact) mass is 291 g/mol. The van der Waals surface area contributed by atoms with Crippen LogP contribution in [0.15, 0.2) is 53.5 Å². The topological polar surface area (TPSA) is 24.8 Å². The van der Waals surface area contributed by atoms with Crippen molar-refractivity contribution in [1.82, 2.24) is 0 Å². The smallest absolute Gasteiger partial charge is 0.112 e. The van der Waals surface area contributed by atoms with Crippen molar-refractivity contribution in [2.24, 2.45) is 4.99 Å². The SMILES string of the molecule is CC1(c2ccccc2N2CCOCC2)[C]=c2ccccc2=N1. The molecule has 1 saturated heterocycles. The van der Waals surface area contributed by atoms with Crippen molar-refractivity contribution in [3.05, 3.63) is 64.7 Å². The van der Waals surface area contributed by atoms with E-state index in [0.717, 1.165) is 36.9 Å². The molecule has 22 heavy (non-hydrogen) atoms. The minimum absolute atomic E-state index is 0.418. The molecule has 1 atom stereocenters. The summed E-state index contributed by atoms with van der Waals surface area (Å²) in [6, 6.07) is 16.8. The number of morpholine rings is 1. The van der Waals surface area contributed by atoms with E-state index < -0.39 is 5.54 Å². The maximum absolute atomic E-state index is 5.48. The molecule has 0 bridgehead atoms. The van der Waals surface area contributed by atoms with E-state index in [-0.39, 0.29) is 0 Å². The Hall–Kier alpha value is -2.13. The minimum Gasteiger partial charge on any atom is -0.378 e. The third-order valence-electron chi connectivity index (χ3n) is 4.41. The maximum atomic E-state index is 5.48. The van der Waals surface area contributed by atoms with Gasteiger partial charge in [0.15, 0.2) is 0 Å². The number of fused-ring (bicyclic) bond motifs is 1. The quantitative estimate of drug-likeness (QED) is 0.842. The van der Waals surface area contributed by atoms with Crippen LogP contribution in [0.25, 0.3) is 6.08 Å². The van der Waals surface area contributed by atoms with Gasteiger partial charge in [-0.05, 0) is 25.1 Å². The van der Waals surface area contributed by atoms with Crippen LogP contribution in [0.2, 0.25) is 0 Å². The zero-order chi connectivity index (χ0) is 15.0. The molecule has 0 aliphatic carbocycles. The Morgan fingerprint density at radius 2 is 1.77 bits per heavy atom. The third kappa shape index (κ3) is 2.22. The molecule has 0 aromatic heterocycles. The van der Waals surface area contributed by atoms with Crippen LogP contribution in [0.1, 0.15) is 12.5 Å². The molecule has 2 aliphatic rings. The fourth-order valence-corrected chi connectivity index (χ4v) is 3.30. The molecule has 3 heteroatoms. The Bertz CT molecular complexity index is 771. The number of ether oxygens (including phenoxy) is 1. The van der Waals surface area contributed by atoms with Crippen molar-refractivity contribution in [2.45, 2.75) is 12.5 Å². The van der Waals surface area contributed by atoms with Gasteiger partial charge in [0.25, 0.3) is 0 Å². The Morgan fingerprint density at radius 3 is 2.59 bits per heavy atom. The minimum atomic E-state index is -0.418. The molecule has 0 spiro atoms. The van der Waals surface area contributed by atoms with Crippen molar-refractivity contribution in [1.29, 1.82) is 0 Å². The van der Waals surface area contributed by atoms with E-state index in [1.807, 2.05) is 12.1 Å². The summed E-state index contributed by atoms with van der Waals surface area (Å²) in [5.74, 6) is 0. The standard InChI is InChI=1S/C19H19N2O/c1-19(14-15-6-2-4-8-17(15)20-19)16-7-3-5-9-18(16)21-10-12-22-13-11-21/h2-9H,10-13H2,1H3. The van der Waals surface area contributed by atoms with Crippen LogP contribution in [-0.4, -0.2) is 26.3 Å². The van der Waals surface area contributed by atoms with E-state index in [9.17, 15) is 0 Å². The van der Waals surface area contributed by atoms with E-state index in [1.165, 1.54) is 11.3 Å². The third-order valence-corrected chi connectivity index (χ3v) is 4.41. The van der Waals surface area contributed by atoms with Gasteiger partial charge in [0.05, 0.1) is 18.6 Å². The van der Waals surface area contributed by atoms with E-state index in [2.05, 4.69) is 54.3 Å². The first-order valence-corrected chi connectivity index (χ1v) is 7.79. The highest BCUT2D eigenvalue weighted by molar-refractivity contribution is 5.63. The van der Waals surface area contributed by atoms with Crippen LogP contribution in [0.3, 0.4) is 0 Å². The number of rotatable bonds is 2. The Balaban J connectivity index is 1.82. The van der Waals surface area contributed by atoms with Gasteiger partial charge in [-0.3, -0.25) is 4.99 Å². The summed E-state index contributed by atoms with van der Waals surface area (Å²) in [6.45, 7) is 5.58. The molecular formula is C19H19N2O. The largest absolute Gasteiger partial charge is 0.378 e. The molecule has 1 fully saturated rings. The van der Waals surface area contributed by atoms with Gasteiger partial charge in [0, 0.05) is 29.6 Å². The zero-order valence-corrected chi connectivity index (χ0v) is 12.7. The first-order chi connectivity index (χ1) is 10.8. The summed E-state index contributed by atoms with van der Waals surface area (Å²) < 4.78 is 5.48. The van der Waals surface area contributed by atoms with E-state index in [1.54, 1.807) is 0 Å². The van der Waals surface area contributed by atoms with Crippen molar-refractivity contribution >= 4 is 11.8 Å². The first-order valence-electron chi connectivity index (χ1n) is 7.79. The van der Waals surface area contributed by atoms with Gasteiger partial charge in [0.1, 0.15) is 5.54 Å². The molecule has 3 nitrogen and oxygen atoms in total. The summed E-state index contributed by atoms with van der Waals surface area (Å²) in [7, 11) is 0. The van der Waals surface area contributed by atoms with Gasteiger partial charge >= 0.3 is 0 Å². The van der Waals surface area contributed by atoms with Crippen molar-refractivity contribution in [2.75, 3.05) is 31.2 Å². The van der Waals surface area contributed by atoms with E-state index in [0.29, 0.717) is 0 Å². The summed E-state index contributed by atoms with van der Waals surface area (Å²) in [5.41, 5.74) is 2.05. The molecule has 0 amide bonds. The number of hydrogen-bond acceptors (Lipinski definition) is 3. The van der Waals surface area contributed by atoms with Crippen LogP contribution in [-0.2, 0) is 10.3 Å². The summed E-state index contributed by atoms with van der Waals surface area (Å²) in [6.07, 6.45) is 3.58. The molecule has 0 saturated carbocycles. The number of nitrogens with zero attached hydrogens (tertiary/aromatic N) is 2. The van der Waals surface area contributed by atoms with Gasteiger partial charge in [0.2, 0.25) is 0 Å². The highest BCUT2D eigenvalue weighted by Crippen LogP contribution is 2.35. The van der Waals surface area contributed by atoms with Crippen molar-refractivity contribution < 1.29 is 4.74 Å². The predicted octanol–water partition coefficient (Wildman–Crippen LogP) is 1.73. The summed E-state index contributed by atoms with van der Waals surface area (Å²) >= 11 is 0. The molecule has 2 aromatic rings.